The SMILES string of the molecule is CCCNCc1cccc(Cl)c1N1CCCC(CO)C1. The van der Waals surface area contributed by atoms with Crippen molar-refractivity contribution in [3.8, 4) is 0 Å². The van der Waals surface area contributed by atoms with Crippen LogP contribution in [-0.2, 0) is 6.54 Å². The van der Waals surface area contributed by atoms with Gasteiger partial charge in [-0.15, -0.1) is 0 Å². The van der Waals surface area contributed by atoms with Crippen molar-refractivity contribution in [2.75, 3.05) is 31.1 Å². The van der Waals surface area contributed by atoms with Crippen molar-refractivity contribution in [3.63, 3.8) is 0 Å². The van der Waals surface area contributed by atoms with E-state index in [4.69, 9.17) is 11.6 Å². The number of anilines is 1. The van der Waals surface area contributed by atoms with Crippen LogP contribution >= 0.6 is 11.6 Å². The summed E-state index contributed by atoms with van der Waals surface area (Å²) < 4.78 is 0. The molecule has 1 unspecified atom stereocenters. The second-order valence-electron chi connectivity index (χ2n) is 5.56. The van der Waals surface area contributed by atoms with Crippen LogP contribution in [0.15, 0.2) is 18.2 Å². The predicted molar refractivity (Wildman–Crippen MR) is 85.5 cm³/mol. The van der Waals surface area contributed by atoms with Gasteiger partial charge in [-0.2, -0.15) is 0 Å². The Balaban J connectivity index is 2.15. The molecule has 1 aliphatic rings. The molecule has 1 heterocycles. The Bertz CT molecular complexity index is 425. The highest BCUT2D eigenvalue weighted by Gasteiger charge is 2.22. The van der Waals surface area contributed by atoms with Crippen LogP contribution in [0.4, 0.5) is 5.69 Å². The van der Waals surface area contributed by atoms with Gasteiger partial charge in [-0.3, -0.25) is 0 Å². The number of piperidine rings is 1. The minimum absolute atomic E-state index is 0.268. The molecule has 2 N–H and O–H groups in total. The summed E-state index contributed by atoms with van der Waals surface area (Å²) in [5.74, 6) is 0.372. The fourth-order valence-corrected chi connectivity index (χ4v) is 3.19. The third kappa shape index (κ3) is 3.87. The first-order valence-corrected chi connectivity index (χ1v) is 7.98. The second kappa shape index (κ2) is 7.87. The Kier molecular flexibility index (Phi) is 6.14. The van der Waals surface area contributed by atoms with E-state index in [0.29, 0.717) is 5.92 Å². The maximum atomic E-state index is 9.40. The molecular formula is C16H25ClN2O. The number of hydrogen-bond donors (Lipinski definition) is 2. The molecular weight excluding hydrogens is 272 g/mol. The van der Waals surface area contributed by atoms with E-state index < -0.39 is 0 Å². The number of rotatable bonds is 6. The van der Waals surface area contributed by atoms with Crippen LogP contribution in [0.5, 0.6) is 0 Å². The third-order valence-electron chi connectivity index (χ3n) is 3.91. The lowest BCUT2D eigenvalue weighted by Crippen LogP contribution is -2.37. The average Bonchev–Trinajstić information content (AvgIpc) is 2.48. The molecule has 1 atom stereocenters. The molecule has 0 aromatic heterocycles. The molecule has 3 nitrogen and oxygen atoms in total. The summed E-state index contributed by atoms with van der Waals surface area (Å²) >= 11 is 6.43. The summed E-state index contributed by atoms with van der Waals surface area (Å²) in [6.07, 6.45) is 3.37. The Morgan fingerprint density at radius 3 is 3.05 bits per heavy atom. The smallest absolute Gasteiger partial charge is 0.0642 e. The lowest BCUT2D eigenvalue weighted by Gasteiger charge is -2.35. The second-order valence-corrected chi connectivity index (χ2v) is 5.97. The molecule has 0 bridgehead atoms. The van der Waals surface area contributed by atoms with Gasteiger partial charge in [-0.1, -0.05) is 30.7 Å². The lowest BCUT2D eigenvalue weighted by molar-refractivity contribution is 0.208. The molecule has 0 aliphatic carbocycles. The Morgan fingerprint density at radius 2 is 2.30 bits per heavy atom. The largest absolute Gasteiger partial charge is 0.396 e. The van der Waals surface area contributed by atoms with E-state index in [0.717, 1.165) is 56.2 Å². The maximum absolute atomic E-state index is 9.40. The molecule has 1 fully saturated rings. The number of nitrogens with one attached hydrogen (secondary N) is 1. The van der Waals surface area contributed by atoms with Crippen LogP contribution in [0.25, 0.3) is 0 Å². The highest BCUT2D eigenvalue weighted by Crippen LogP contribution is 2.33. The monoisotopic (exact) mass is 296 g/mol. The van der Waals surface area contributed by atoms with Crippen molar-refractivity contribution in [1.29, 1.82) is 0 Å². The van der Waals surface area contributed by atoms with Gasteiger partial charge in [0.1, 0.15) is 0 Å². The molecule has 1 aromatic carbocycles. The lowest BCUT2D eigenvalue weighted by atomic mass is 9.97. The fourth-order valence-electron chi connectivity index (χ4n) is 2.87. The number of nitrogens with zero attached hydrogens (tertiary/aromatic N) is 1. The number of aliphatic hydroxyl groups excluding tert-OH is 1. The van der Waals surface area contributed by atoms with E-state index >= 15 is 0 Å². The van der Waals surface area contributed by atoms with Crippen molar-refractivity contribution < 1.29 is 5.11 Å². The van der Waals surface area contributed by atoms with Crippen LogP contribution in [0.2, 0.25) is 5.02 Å². The van der Waals surface area contributed by atoms with Crippen molar-refractivity contribution in [1.82, 2.24) is 5.32 Å². The summed E-state index contributed by atoms with van der Waals surface area (Å²) in [7, 11) is 0. The van der Waals surface area contributed by atoms with Crippen LogP contribution in [-0.4, -0.2) is 31.3 Å². The standard InChI is InChI=1S/C16H25ClN2O/c1-2-8-18-10-14-6-3-7-15(17)16(14)19-9-4-5-13(11-19)12-20/h3,6-7,13,18,20H,2,4-5,8-12H2,1H3. The number of benzene rings is 1. The molecule has 1 aromatic rings. The fraction of sp³-hybridized carbons (Fsp3) is 0.625. The molecule has 1 saturated heterocycles. The zero-order chi connectivity index (χ0) is 14.4. The quantitative estimate of drug-likeness (QED) is 0.792. The first-order valence-electron chi connectivity index (χ1n) is 7.60. The Labute approximate surface area is 126 Å². The number of para-hydroxylation sites is 1. The summed E-state index contributed by atoms with van der Waals surface area (Å²) in [6, 6.07) is 6.12. The zero-order valence-corrected chi connectivity index (χ0v) is 13.0. The van der Waals surface area contributed by atoms with Gasteiger partial charge in [0.2, 0.25) is 0 Å². The van der Waals surface area contributed by atoms with Crippen molar-refractivity contribution in [3.05, 3.63) is 28.8 Å². The normalized spacial score (nSPS) is 19.4. The minimum atomic E-state index is 0.268. The van der Waals surface area contributed by atoms with Gasteiger partial charge in [0.05, 0.1) is 10.7 Å². The average molecular weight is 297 g/mol. The van der Waals surface area contributed by atoms with E-state index in [1.165, 1.54) is 5.56 Å². The number of halogens is 1. The number of hydrogen-bond acceptors (Lipinski definition) is 3. The van der Waals surface area contributed by atoms with Gasteiger partial charge < -0.3 is 15.3 Å². The molecule has 20 heavy (non-hydrogen) atoms. The van der Waals surface area contributed by atoms with Gasteiger partial charge in [-0.05, 0) is 43.4 Å². The van der Waals surface area contributed by atoms with E-state index in [-0.39, 0.29) is 6.61 Å². The molecule has 1 aliphatic heterocycles. The summed E-state index contributed by atoms with van der Waals surface area (Å²) in [5, 5.41) is 13.7. The highest BCUT2D eigenvalue weighted by atomic mass is 35.5. The van der Waals surface area contributed by atoms with Crippen LogP contribution in [0.3, 0.4) is 0 Å². The van der Waals surface area contributed by atoms with E-state index in [1.807, 2.05) is 12.1 Å². The zero-order valence-electron chi connectivity index (χ0n) is 12.2. The van der Waals surface area contributed by atoms with Crippen LogP contribution in [0.1, 0.15) is 31.7 Å². The van der Waals surface area contributed by atoms with Crippen molar-refractivity contribution in [2.24, 2.45) is 5.92 Å². The van der Waals surface area contributed by atoms with Gasteiger partial charge >= 0.3 is 0 Å². The number of aliphatic hydroxyl groups is 1. The first-order chi connectivity index (χ1) is 9.76. The van der Waals surface area contributed by atoms with Crippen LogP contribution < -0.4 is 10.2 Å². The highest BCUT2D eigenvalue weighted by molar-refractivity contribution is 6.33. The summed E-state index contributed by atoms with van der Waals surface area (Å²) in [4.78, 5) is 2.34. The topological polar surface area (TPSA) is 35.5 Å². The predicted octanol–water partition coefficient (Wildman–Crippen LogP) is 3.05. The van der Waals surface area contributed by atoms with Gasteiger partial charge in [0.15, 0.2) is 0 Å². The molecule has 2 rings (SSSR count). The van der Waals surface area contributed by atoms with Crippen LogP contribution in [0, 0.1) is 5.92 Å². The summed E-state index contributed by atoms with van der Waals surface area (Å²) in [5.41, 5.74) is 2.40. The maximum Gasteiger partial charge on any atom is 0.0642 e. The summed E-state index contributed by atoms with van der Waals surface area (Å²) in [6.45, 7) is 6.24. The van der Waals surface area contributed by atoms with E-state index in [9.17, 15) is 5.11 Å². The molecule has 0 radical (unpaired) electrons. The Morgan fingerprint density at radius 1 is 1.45 bits per heavy atom. The molecule has 0 amide bonds. The molecule has 4 heteroatoms. The first kappa shape index (κ1) is 15.6. The minimum Gasteiger partial charge on any atom is -0.396 e. The van der Waals surface area contributed by atoms with Crippen molar-refractivity contribution in [2.45, 2.75) is 32.7 Å². The molecule has 0 spiro atoms. The van der Waals surface area contributed by atoms with Crippen molar-refractivity contribution >= 4 is 17.3 Å². The van der Waals surface area contributed by atoms with Gasteiger partial charge in [0.25, 0.3) is 0 Å². The van der Waals surface area contributed by atoms with E-state index in [2.05, 4.69) is 23.2 Å². The van der Waals surface area contributed by atoms with Gasteiger partial charge in [-0.25, -0.2) is 0 Å². The van der Waals surface area contributed by atoms with E-state index in [1.54, 1.807) is 0 Å². The Hall–Kier alpha value is -0.770. The molecule has 112 valence electrons. The third-order valence-corrected chi connectivity index (χ3v) is 4.21. The molecule has 0 saturated carbocycles. The van der Waals surface area contributed by atoms with Gasteiger partial charge in [0, 0.05) is 26.2 Å².